The van der Waals surface area contributed by atoms with E-state index in [1.165, 1.54) is 15.9 Å². The third kappa shape index (κ3) is 5.06. The molecule has 0 aliphatic carbocycles. The van der Waals surface area contributed by atoms with Gasteiger partial charge in [-0.3, -0.25) is 4.79 Å². The van der Waals surface area contributed by atoms with E-state index < -0.39 is 7.92 Å². The fraction of sp³-hybridized carbons (Fsp3) is 0.174. The van der Waals surface area contributed by atoms with Crippen molar-refractivity contribution < 1.29 is 9.53 Å². The molecule has 4 heteroatoms. The molecule has 0 N–H and O–H groups in total. The lowest BCUT2D eigenvalue weighted by Crippen LogP contribution is -2.26. The molecular formula is C23H24BrO2P. The Balaban J connectivity index is 0.00000261. The molecule has 0 fully saturated rings. The molecule has 0 aliphatic rings. The van der Waals surface area contributed by atoms with Gasteiger partial charge in [0.25, 0.3) is 0 Å². The Morgan fingerprint density at radius 2 is 1.33 bits per heavy atom. The summed E-state index contributed by atoms with van der Waals surface area (Å²) in [5, 5.41) is 3.76. The molecule has 0 spiro atoms. The zero-order valence-corrected chi connectivity index (χ0v) is 18.1. The predicted octanol–water partition coefficient (Wildman–Crippen LogP) is 4.69. The van der Waals surface area contributed by atoms with Crippen LogP contribution in [0.15, 0.2) is 84.9 Å². The fourth-order valence-corrected chi connectivity index (χ4v) is 5.59. The lowest BCUT2D eigenvalue weighted by Gasteiger charge is -2.24. The molecule has 0 aromatic heterocycles. The van der Waals surface area contributed by atoms with E-state index in [2.05, 4.69) is 66.7 Å². The zero-order chi connectivity index (χ0) is 18.4. The minimum Gasteiger partial charge on any atom is -0.466 e. The number of hydrogen-bond acceptors (Lipinski definition) is 2. The van der Waals surface area contributed by atoms with E-state index in [1.807, 2.05) is 32.0 Å². The van der Waals surface area contributed by atoms with Crippen molar-refractivity contribution in [1.29, 1.82) is 0 Å². The molecule has 2 nitrogen and oxygen atoms in total. The van der Waals surface area contributed by atoms with Gasteiger partial charge in [0.1, 0.15) is 0 Å². The summed E-state index contributed by atoms with van der Waals surface area (Å²) in [5.41, 5.74) is 1.05. The quantitative estimate of drug-likeness (QED) is 0.408. The third-order valence-corrected chi connectivity index (χ3v) is 6.83. The van der Waals surface area contributed by atoms with Crippen molar-refractivity contribution in [2.75, 3.05) is 6.61 Å². The summed E-state index contributed by atoms with van der Waals surface area (Å²) in [7, 11) is -0.741. The maximum atomic E-state index is 12.4. The van der Waals surface area contributed by atoms with Gasteiger partial charge in [-0.2, -0.15) is 0 Å². The Morgan fingerprint density at radius 1 is 0.852 bits per heavy atom. The Labute approximate surface area is 173 Å². The maximum Gasteiger partial charge on any atom is 0.313 e. The van der Waals surface area contributed by atoms with Crippen molar-refractivity contribution in [3.63, 3.8) is 0 Å². The average molecular weight is 443 g/mol. The predicted molar refractivity (Wildman–Crippen MR) is 121 cm³/mol. The van der Waals surface area contributed by atoms with E-state index in [0.29, 0.717) is 6.61 Å². The van der Waals surface area contributed by atoms with Crippen LogP contribution in [0.5, 0.6) is 0 Å². The lowest BCUT2D eigenvalue weighted by atomic mass is 10.0. The number of ether oxygens (including phenoxy) is 1. The molecule has 27 heavy (non-hydrogen) atoms. The van der Waals surface area contributed by atoms with Crippen LogP contribution in [0.25, 0.3) is 0 Å². The highest BCUT2D eigenvalue weighted by atomic mass is 79.9. The highest BCUT2D eigenvalue weighted by Crippen LogP contribution is 2.36. The molecule has 3 aromatic rings. The van der Waals surface area contributed by atoms with Crippen LogP contribution in [0, 0.1) is 0 Å². The van der Waals surface area contributed by atoms with Crippen LogP contribution in [0.1, 0.15) is 25.3 Å². The number of hydrogen-bond donors (Lipinski definition) is 0. The van der Waals surface area contributed by atoms with E-state index in [9.17, 15) is 4.79 Å². The minimum absolute atomic E-state index is 0. The first-order chi connectivity index (χ1) is 12.7. The normalized spacial score (nSPS) is 11.5. The SMILES string of the molecule is Br.CCOC(=O)C(C)c1ccccc1P(c1ccccc1)c1ccccc1. The van der Waals surface area contributed by atoms with Crippen molar-refractivity contribution >= 4 is 46.8 Å². The number of halogens is 1. The molecule has 0 amide bonds. The molecule has 140 valence electrons. The van der Waals surface area contributed by atoms with Gasteiger partial charge >= 0.3 is 5.97 Å². The second-order valence-corrected chi connectivity index (χ2v) is 8.22. The van der Waals surface area contributed by atoms with E-state index in [0.717, 1.165) is 5.56 Å². The third-order valence-electron chi connectivity index (χ3n) is 4.31. The molecule has 0 aliphatic heterocycles. The largest absolute Gasteiger partial charge is 0.466 e. The Morgan fingerprint density at radius 3 is 1.85 bits per heavy atom. The molecule has 0 bridgehead atoms. The van der Waals surface area contributed by atoms with Crippen molar-refractivity contribution in [1.82, 2.24) is 0 Å². The highest BCUT2D eigenvalue weighted by Gasteiger charge is 2.25. The number of rotatable bonds is 6. The van der Waals surface area contributed by atoms with Gasteiger partial charge in [-0.15, -0.1) is 17.0 Å². The molecule has 0 radical (unpaired) electrons. The van der Waals surface area contributed by atoms with Crippen LogP contribution >= 0.6 is 24.9 Å². The van der Waals surface area contributed by atoms with Crippen LogP contribution in [-0.2, 0) is 9.53 Å². The Kier molecular flexibility index (Phi) is 8.22. The van der Waals surface area contributed by atoms with Crippen LogP contribution < -0.4 is 15.9 Å². The van der Waals surface area contributed by atoms with Crippen molar-refractivity contribution in [2.45, 2.75) is 19.8 Å². The van der Waals surface area contributed by atoms with Gasteiger partial charge in [-0.05, 0) is 43.2 Å². The summed E-state index contributed by atoms with van der Waals surface area (Å²) in [6.07, 6.45) is 0. The van der Waals surface area contributed by atoms with Gasteiger partial charge in [-0.25, -0.2) is 0 Å². The van der Waals surface area contributed by atoms with Crippen LogP contribution in [0.2, 0.25) is 0 Å². The molecule has 3 rings (SSSR count). The first-order valence-corrected chi connectivity index (χ1v) is 10.2. The molecule has 0 heterocycles. The highest BCUT2D eigenvalue weighted by molar-refractivity contribution is 8.93. The lowest BCUT2D eigenvalue weighted by molar-refractivity contribution is -0.144. The van der Waals surface area contributed by atoms with Crippen molar-refractivity contribution in [3.8, 4) is 0 Å². The van der Waals surface area contributed by atoms with E-state index in [1.54, 1.807) is 0 Å². The first-order valence-electron chi connectivity index (χ1n) is 8.88. The van der Waals surface area contributed by atoms with Gasteiger partial charge in [0.15, 0.2) is 0 Å². The van der Waals surface area contributed by atoms with Crippen LogP contribution in [-0.4, -0.2) is 12.6 Å². The summed E-state index contributed by atoms with van der Waals surface area (Å²) < 4.78 is 5.27. The maximum absolute atomic E-state index is 12.4. The van der Waals surface area contributed by atoms with Gasteiger partial charge in [0.05, 0.1) is 12.5 Å². The summed E-state index contributed by atoms with van der Waals surface area (Å²) >= 11 is 0. The van der Waals surface area contributed by atoms with Gasteiger partial charge < -0.3 is 4.74 Å². The van der Waals surface area contributed by atoms with Gasteiger partial charge in [0, 0.05) is 0 Å². The van der Waals surface area contributed by atoms with E-state index >= 15 is 0 Å². The summed E-state index contributed by atoms with van der Waals surface area (Å²) in [6, 6.07) is 29.3. The van der Waals surface area contributed by atoms with Crippen LogP contribution in [0.3, 0.4) is 0 Å². The summed E-state index contributed by atoms with van der Waals surface area (Å²) in [4.78, 5) is 12.4. The Bertz CT molecular complexity index is 813. The van der Waals surface area contributed by atoms with Crippen LogP contribution in [0.4, 0.5) is 0 Å². The monoisotopic (exact) mass is 442 g/mol. The molecule has 1 unspecified atom stereocenters. The first kappa shape index (κ1) is 21.3. The van der Waals surface area contributed by atoms with Crippen molar-refractivity contribution in [2.24, 2.45) is 0 Å². The van der Waals surface area contributed by atoms with Crippen molar-refractivity contribution in [3.05, 3.63) is 90.5 Å². The second-order valence-electron chi connectivity index (χ2n) is 6.04. The smallest absolute Gasteiger partial charge is 0.313 e. The van der Waals surface area contributed by atoms with Gasteiger partial charge in [-0.1, -0.05) is 84.9 Å². The average Bonchev–Trinajstić information content (AvgIpc) is 2.70. The summed E-state index contributed by atoms with van der Waals surface area (Å²) in [5.74, 6) is -0.459. The fourth-order valence-electron chi connectivity index (χ4n) is 3.03. The van der Waals surface area contributed by atoms with Gasteiger partial charge in [0.2, 0.25) is 0 Å². The van der Waals surface area contributed by atoms with E-state index in [-0.39, 0.29) is 28.9 Å². The minimum atomic E-state index is -0.741. The number of carbonyl (C=O) groups excluding carboxylic acids is 1. The summed E-state index contributed by atoms with van der Waals surface area (Å²) in [6.45, 7) is 4.18. The molecule has 1 atom stereocenters. The zero-order valence-electron chi connectivity index (χ0n) is 15.5. The number of benzene rings is 3. The molecule has 3 aromatic carbocycles. The molecular weight excluding hydrogens is 419 g/mol. The Hall–Kier alpha value is -1.96. The standard InChI is InChI=1S/C23H23O2P.BrH/c1-3-25-23(24)18(2)21-16-10-11-17-22(21)26(19-12-6-4-7-13-19)20-14-8-5-9-15-20;/h4-18H,3H2,1-2H3;1H. The number of esters is 1. The van der Waals surface area contributed by atoms with E-state index in [4.69, 9.17) is 4.74 Å². The topological polar surface area (TPSA) is 26.3 Å². The molecule has 0 saturated heterocycles. The second kappa shape index (κ2) is 10.4. The molecule has 0 saturated carbocycles. The number of carbonyl (C=O) groups is 1.